The van der Waals surface area contributed by atoms with Crippen molar-refractivity contribution in [3.05, 3.63) is 77.4 Å². The molecule has 0 spiro atoms. The highest BCUT2D eigenvalue weighted by atomic mass is 127. The van der Waals surface area contributed by atoms with Gasteiger partial charge in [0.2, 0.25) is 0 Å². The van der Waals surface area contributed by atoms with Crippen LogP contribution in [0.2, 0.25) is 0 Å². The third-order valence-electron chi connectivity index (χ3n) is 7.41. The summed E-state index contributed by atoms with van der Waals surface area (Å²) in [6.07, 6.45) is 3.36. The van der Waals surface area contributed by atoms with Gasteiger partial charge in [0.1, 0.15) is 5.75 Å². The van der Waals surface area contributed by atoms with Gasteiger partial charge in [-0.05, 0) is 94.7 Å². The molecule has 190 valence electrons. The van der Waals surface area contributed by atoms with Gasteiger partial charge in [0.15, 0.2) is 0 Å². The molecular weight excluding hydrogens is 559 g/mol. The van der Waals surface area contributed by atoms with Crippen molar-refractivity contribution in [1.29, 1.82) is 0 Å². The molecule has 0 radical (unpaired) electrons. The van der Waals surface area contributed by atoms with Gasteiger partial charge < -0.3 is 9.47 Å². The van der Waals surface area contributed by atoms with Gasteiger partial charge in [-0.2, -0.15) is 0 Å². The molecule has 0 unspecified atom stereocenters. The summed E-state index contributed by atoms with van der Waals surface area (Å²) in [5, 5.41) is 0. The Hall–Kier alpha value is -2.34. The van der Waals surface area contributed by atoms with Crippen molar-refractivity contribution in [1.82, 2.24) is 0 Å². The van der Waals surface area contributed by atoms with E-state index < -0.39 is 0 Å². The van der Waals surface area contributed by atoms with E-state index in [1.165, 1.54) is 17.5 Å². The van der Waals surface area contributed by atoms with Gasteiger partial charge >= 0.3 is 5.97 Å². The van der Waals surface area contributed by atoms with Crippen LogP contribution >= 0.6 is 22.6 Å². The standard InChI is InChI=1S/C32H37IO3/c1-6-35-30(34)26-14-10-23(22-8-12-25(13-9-22)36-19-7-18-33)20-27(26)24-11-15-28-29(21-24)32(4,5)17-16-31(28,2)3/h8-15,20-21H,6-7,16-19H2,1-5H3. The molecular formula is C32H37IO3. The maximum Gasteiger partial charge on any atom is 0.338 e. The summed E-state index contributed by atoms with van der Waals surface area (Å²) in [6, 6.07) is 21.0. The summed E-state index contributed by atoms with van der Waals surface area (Å²) in [4.78, 5) is 12.9. The predicted molar refractivity (Wildman–Crippen MR) is 158 cm³/mol. The van der Waals surface area contributed by atoms with Crippen molar-refractivity contribution in [2.45, 2.75) is 64.7 Å². The lowest BCUT2D eigenvalue weighted by Gasteiger charge is -2.42. The number of benzene rings is 3. The van der Waals surface area contributed by atoms with Crippen LogP contribution < -0.4 is 4.74 Å². The molecule has 0 N–H and O–H groups in total. The monoisotopic (exact) mass is 596 g/mol. The van der Waals surface area contributed by atoms with Gasteiger partial charge in [-0.1, -0.05) is 86.7 Å². The summed E-state index contributed by atoms with van der Waals surface area (Å²) >= 11 is 2.37. The fourth-order valence-corrected chi connectivity index (χ4v) is 5.41. The number of hydrogen-bond acceptors (Lipinski definition) is 3. The van der Waals surface area contributed by atoms with E-state index in [1.807, 2.05) is 31.2 Å². The summed E-state index contributed by atoms with van der Waals surface area (Å²) in [5.41, 5.74) is 7.76. The average Bonchev–Trinajstić information content (AvgIpc) is 2.87. The molecule has 3 nitrogen and oxygen atoms in total. The van der Waals surface area contributed by atoms with Crippen molar-refractivity contribution in [2.24, 2.45) is 0 Å². The Morgan fingerprint density at radius 3 is 2.14 bits per heavy atom. The lowest BCUT2D eigenvalue weighted by Crippen LogP contribution is -2.33. The Bertz CT molecular complexity index is 1220. The maximum atomic E-state index is 12.9. The number of rotatable bonds is 8. The van der Waals surface area contributed by atoms with Gasteiger partial charge in [-0.3, -0.25) is 0 Å². The molecule has 3 aromatic carbocycles. The van der Waals surface area contributed by atoms with Gasteiger partial charge in [0, 0.05) is 4.43 Å². The van der Waals surface area contributed by atoms with Crippen LogP contribution in [0, 0.1) is 0 Å². The molecule has 0 atom stereocenters. The lowest BCUT2D eigenvalue weighted by molar-refractivity contribution is 0.0527. The zero-order chi connectivity index (χ0) is 25.9. The van der Waals surface area contributed by atoms with Crippen molar-refractivity contribution in [2.75, 3.05) is 17.6 Å². The summed E-state index contributed by atoms with van der Waals surface area (Å²) in [6.45, 7) is 12.3. The number of hydrogen-bond donors (Lipinski definition) is 0. The van der Waals surface area contributed by atoms with Crippen LogP contribution in [-0.4, -0.2) is 23.6 Å². The molecule has 0 aliphatic heterocycles. The second kappa shape index (κ2) is 11.0. The van der Waals surface area contributed by atoms with E-state index in [2.05, 4.69) is 86.7 Å². The second-order valence-electron chi connectivity index (χ2n) is 10.9. The molecule has 0 saturated heterocycles. The fraction of sp³-hybridized carbons (Fsp3) is 0.406. The average molecular weight is 597 g/mol. The van der Waals surface area contributed by atoms with Crippen molar-refractivity contribution in [3.8, 4) is 28.0 Å². The lowest BCUT2D eigenvalue weighted by atomic mass is 9.63. The molecule has 1 aliphatic carbocycles. The highest BCUT2D eigenvalue weighted by Gasteiger charge is 2.37. The number of ether oxygens (including phenoxy) is 2. The minimum Gasteiger partial charge on any atom is -0.494 e. The fourth-order valence-electron chi connectivity index (χ4n) is 5.09. The zero-order valence-corrected chi connectivity index (χ0v) is 24.3. The molecule has 0 heterocycles. The van der Waals surface area contributed by atoms with Gasteiger partial charge in [-0.25, -0.2) is 4.79 Å². The van der Waals surface area contributed by atoms with E-state index >= 15 is 0 Å². The highest BCUT2D eigenvalue weighted by molar-refractivity contribution is 14.1. The van der Waals surface area contributed by atoms with E-state index in [1.54, 1.807) is 0 Å². The second-order valence-corrected chi connectivity index (χ2v) is 12.0. The number of fused-ring (bicyclic) bond motifs is 1. The molecule has 4 heteroatoms. The van der Waals surface area contributed by atoms with E-state index in [9.17, 15) is 4.79 Å². The van der Waals surface area contributed by atoms with Gasteiger partial charge in [0.25, 0.3) is 0 Å². The minimum absolute atomic E-state index is 0.0930. The first-order valence-electron chi connectivity index (χ1n) is 12.9. The van der Waals surface area contributed by atoms with Crippen molar-refractivity contribution < 1.29 is 14.3 Å². The topological polar surface area (TPSA) is 35.5 Å². The predicted octanol–water partition coefficient (Wildman–Crippen LogP) is 8.75. The minimum atomic E-state index is -0.282. The van der Waals surface area contributed by atoms with Crippen LogP contribution in [0.1, 0.15) is 75.4 Å². The molecule has 4 rings (SSSR count). The first kappa shape index (κ1) is 26.7. The highest BCUT2D eigenvalue weighted by Crippen LogP contribution is 2.47. The molecule has 0 fully saturated rings. The Kier molecular flexibility index (Phi) is 8.13. The third kappa shape index (κ3) is 5.64. The van der Waals surface area contributed by atoms with Crippen LogP contribution in [0.4, 0.5) is 0 Å². The van der Waals surface area contributed by atoms with Gasteiger partial charge in [0.05, 0.1) is 18.8 Å². The Morgan fingerprint density at radius 1 is 0.833 bits per heavy atom. The van der Waals surface area contributed by atoms with E-state index in [-0.39, 0.29) is 16.8 Å². The molecule has 0 aromatic heterocycles. The SMILES string of the molecule is CCOC(=O)c1ccc(-c2ccc(OCCCI)cc2)cc1-c1ccc2c(c1)C(C)(C)CCC2(C)C. The molecule has 0 amide bonds. The number of carbonyl (C=O) groups excluding carboxylic acids is 1. The quantitative estimate of drug-likeness (QED) is 0.113. The summed E-state index contributed by atoms with van der Waals surface area (Å²) in [7, 11) is 0. The smallest absolute Gasteiger partial charge is 0.338 e. The number of halogens is 1. The zero-order valence-electron chi connectivity index (χ0n) is 22.1. The molecule has 1 aliphatic rings. The van der Waals surface area contributed by atoms with Crippen molar-refractivity contribution >= 4 is 28.6 Å². The summed E-state index contributed by atoms with van der Waals surface area (Å²) in [5.74, 6) is 0.599. The van der Waals surface area contributed by atoms with Crippen LogP contribution in [0.15, 0.2) is 60.7 Å². The Morgan fingerprint density at radius 2 is 1.47 bits per heavy atom. The molecule has 3 aromatic rings. The molecule has 36 heavy (non-hydrogen) atoms. The Balaban J connectivity index is 1.78. The van der Waals surface area contributed by atoms with Gasteiger partial charge in [-0.15, -0.1) is 0 Å². The number of alkyl halides is 1. The molecule has 0 saturated carbocycles. The van der Waals surface area contributed by atoms with E-state index in [0.29, 0.717) is 12.2 Å². The third-order valence-corrected chi connectivity index (χ3v) is 8.18. The largest absolute Gasteiger partial charge is 0.494 e. The Labute approximate surface area is 229 Å². The van der Waals surface area contributed by atoms with Crippen LogP contribution in [0.25, 0.3) is 22.3 Å². The van der Waals surface area contributed by atoms with E-state index in [0.717, 1.165) is 51.9 Å². The van der Waals surface area contributed by atoms with Crippen LogP contribution in [0.3, 0.4) is 0 Å². The van der Waals surface area contributed by atoms with Crippen molar-refractivity contribution in [3.63, 3.8) is 0 Å². The maximum absolute atomic E-state index is 12.9. The first-order valence-corrected chi connectivity index (χ1v) is 14.4. The first-order chi connectivity index (χ1) is 17.2. The normalized spacial score (nSPS) is 15.7. The molecule has 0 bridgehead atoms. The number of esters is 1. The van der Waals surface area contributed by atoms with E-state index in [4.69, 9.17) is 9.47 Å². The van der Waals surface area contributed by atoms with Crippen LogP contribution in [-0.2, 0) is 15.6 Å². The van der Waals surface area contributed by atoms with Crippen LogP contribution in [0.5, 0.6) is 5.75 Å². The summed E-state index contributed by atoms with van der Waals surface area (Å²) < 4.78 is 12.3. The number of carbonyl (C=O) groups is 1.